The Hall–Kier alpha value is -1.15. The van der Waals surface area contributed by atoms with Crippen molar-refractivity contribution in [2.45, 2.75) is 45.7 Å². The summed E-state index contributed by atoms with van der Waals surface area (Å²) >= 11 is 0. The summed E-state index contributed by atoms with van der Waals surface area (Å²) in [6.07, 6.45) is 1.94. The highest BCUT2D eigenvalue weighted by Crippen LogP contribution is 2.14. The number of piperazine rings is 1. The van der Waals surface area contributed by atoms with Crippen LogP contribution in [0.5, 0.6) is 0 Å². The number of sulfonamides is 1. The van der Waals surface area contributed by atoms with Gasteiger partial charge in [-0.3, -0.25) is 9.59 Å². The van der Waals surface area contributed by atoms with Gasteiger partial charge in [-0.25, -0.2) is 13.1 Å². The fraction of sp³-hybridized carbons (Fsp3) is 0.846. The maximum absolute atomic E-state index is 12.6. The first-order chi connectivity index (χ1) is 9.65. The number of rotatable bonds is 6. The summed E-state index contributed by atoms with van der Waals surface area (Å²) in [6.45, 7) is 6.48. The van der Waals surface area contributed by atoms with Gasteiger partial charge in [0.1, 0.15) is 12.1 Å². The van der Waals surface area contributed by atoms with Crippen LogP contribution in [0.3, 0.4) is 0 Å². The normalized spacial score (nSPS) is 21.3. The zero-order chi connectivity index (χ0) is 16.2. The fourth-order valence-corrected chi connectivity index (χ4v) is 3.23. The summed E-state index contributed by atoms with van der Waals surface area (Å²) in [6, 6.07) is -1.35. The Labute approximate surface area is 126 Å². The molecule has 0 bridgehead atoms. The number of amides is 2. The lowest BCUT2D eigenvalue weighted by Gasteiger charge is -2.37. The Morgan fingerprint density at radius 1 is 1.48 bits per heavy atom. The second-order valence-corrected chi connectivity index (χ2v) is 7.60. The number of carbonyl (C=O) groups excluding carboxylic acids is 2. The van der Waals surface area contributed by atoms with E-state index < -0.39 is 22.1 Å². The van der Waals surface area contributed by atoms with Gasteiger partial charge in [-0.15, -0.1) is 0 Å². The lowest BCUT2D eigenvalue weighted by atomic mass is 10.0. The van der Waals surface area contributed by atoms with E-state index in [-0.39, 0.29) is 17.7 Å². The number of nitrogens with zero attached hydrogens (tertiary/aromatic N) is 1. The van der Waals surface area contributed by atoms with Crippen LogP contribution in [0.1, 0.15) is 33.6 Å². The van der Waals surface area contributed by atoms with Gasteiger partial charge < -0.3 is 10.2 Å². The molecule has 7 nitrogen and oxygen atoms in total. The molecule has 1 heterocycles. The van der Waals surface area contributed by atoms with Crippen LogP contribution in [-0.2, 0) is 19.6 Å². The summed E-state index contributed by atoms with van der Waals surface area (Å²) < 4.78 is 25.3. The van der Waals surface area contributed by atoms with Crippen molar-refractivity contribution in [3.8, 4) is 0 Å². The Morgan fingerprint density at radius 2 is 2.10 bits per heavy atom. The van der Waals surface area contributed by atoms with Gasteiger partial charge in [0.15, 0.2) is 0 Å². The molecule has 0 saturated carbocycles. The second-order valence-electron chi connectivity index (χ2n) is 5.82. The Balaban J connectivity index is 2.94. The van der Waals surface area contributed by atoms with E-state index in [1.165, 1.54) is 4.90 Å². The molecule has 1 saturated heterocycles. The van der Waals surface area contributed by atoms with E-state index in [9.17, 15) is 18.0 Å². The van der Waals surface area contributed by atoms with Crippen LogP contribution in [0.25, 0.3) is 0 Å². The van der Waals surface area contributed by atoms with Crippen LogP contribution in [0.15, 0.2) is 0 Å². The first-order valence-electron chi connectivity index (χ1n) is 7.21. The summed E-state index contributed by atoms with van der Waals surface area (Å²) in [4.78, 5) is 26.0. The van der Waals surface area contributed by atoms with Gasteiger partial charge in [-0.1, -0.05) is 20.8 Å². The van der Waals surface area contributed by atoms with Crippen LogP contribution in [-0.4, -0.2) is 56.6 Å². The van der Waals surface area contributed by atoms with Crippen molar-refractivity contribution in [1.82, 2.24) is 14.9 Å². The molecule has 21 heavy (non-hydrogen) atoms. The van der Waals surface area contributed by atoms with E-state index >= 15 is 0 Å². The second kappa shape index (κ2) is 7.22. The predicted molar refractivity (Wildman–Crippen MR) is 80.0 cm³/mol. The monoisotopic (exact) mass is 319 g/mol. The van der Waals surface area contributed by atoms with E-state index in [4.69, 9.17) is 0 Å². The molecular formula is C13H25N3O4S. The average molecular weight is 319 g/mol. The highest BCUT2D eigenvalue weighted by molar-refractivity contribution is 7.88. The molecule has 2 unspecified atom stereocenters. The van der Waals surface area contributed by atoms with Crippen molar-refractivity contribution in [1.29, 1.82) is 0 Å². The van der Waals surface area contributed by atoms with Gasteiger partial charge in [0.05, 0.1) is 6.26 Å². The largest absolute Gasteiger partial charge is 0.353 e. The summed E-state index contributed by atoms with van der Waals surface area (Å²) in [5, 5.41) is 2.72. The average Bonchev–Trinajstić information content (AvgIpc) is 2.34. The maximum atomic E-state index is 12.6. The zero-order valence-corrected chi connectivity index (χ0v) is 13.9. The molecule has 1 fully saturated rings. The van der Waals surface area contributed by atoms with E-state index in [0.717, 1.165) is 6.26 Å². The third-order valence-corrected chi connectivity index (χ3v) is 4.07. The van der Waals surface area contributed by atoms with Crippen LogP contribution in [0.2, 0.25) is 0 Å². The zero-order valence-electron chi connectivity index (χ0n) is 13.0. The Kier molecular flexibility index (Phi) is 6.15. The lowest BCUT2D eigenvalue weighted by molar-refractivity contribution is -0.144. The van der Waals surface area contributed by atoms with Gasteiger partial charge in [0.25, 0.3) is 0 Å². The Morgan fingerprint density at radius 3 is 2.57 bits per heavy atom. The standard InChI is InChI=1S/C13H25N3O4S/c1-5-11-12(17)14-6-7-16(11)13(18)10(8-9(2)3)15-21(4,19)20/h9-11,15H,5-8H2,1-4H3,(H,14,17). The highest BCUT2D eigenvalue weighted by atomic mass is 32.2. The van der Waals surface area contributed by atoms with Crippen molar-refractivity contribution >= 4 is 21.8 Å². The summed E-state index contributed by atoms with van der Waals surface area (Å²) in [7, 11) is -3.49. The molecular weight excluding hydrogens is 294 g/mol. The molecule has 2 N–H and O–H groups in total. The molecule has 1 rings (SSSR count). The minimum atomic E-state index is -3.49. The minimum absolute atomic E-state index is 0.159. The van der Waals surface area contributed by atoms with E-state index in [0.29, 0.717) is 25.9 Å². The maximum Gasteiger partial charge on any atom is 0.242 e. The van der Waals surface area contributed by atoms with Crippen LogP contribution >= 0.6 is 0 Å². The van der Waals surface area contributed by atoms with Crippen LogP contribution < -0.4 is 10.0 Å². The third kappa shape index (κ3) is 5.28. The van der Waals surface area contributed by atoms with Crippen molar-refractivity contribution in [3.63, 3.8) is 0 Å². The molecule has 0 aromatic carbocycles. The lowest BCUT2D eigenvalue weighted by Crippen LogP contribution is -2.61. The summed E-state index contributed by atoms with van der Waals surface area (Å²) in [5.74, 6) is -0.345. The van der Waals surface area contributed by atoms with Crippen LogP contribution in [0.4, 0.5) is 0 Å². The van der Waals surface area contributed by atoms with Crippen molar-refractivity contribution in [2.24, 2.45) is 5.92 Å². The van der Waals surface area contributed by atoms with E-state index in [1.54, 1.807) is 0 Å². The smallest absolute Gasteiger partial charge is 0.242 e. The van der Waals surface area contributed by atoms with Gasteiger partial charge in [0, 0.05) is 13.1 Å². The van der Waals surface area contributed by atoms with Crippen molar-refractivity contribution < 1.29 is 18.0 Å². The first-order valence-corrected chi connectivity index (χ1v) is 9.10. The number of hydrogen-bond donors (Lipinski definition) is 2. The number of nitrogens with one attached hydrogen (secondary N) is 2. The minimum Gasteiger partial charge on any atom is -0.353 e. The molecule has 8 heteroatoms. The topological polar surface area (TPSA) is 95.6 Å². The molecule has 0 aromatic heterocycles. The van der Waals surface area contributed by atoms with Crippen molar-refractivity contribution in [3.05, 3.63) is 0 Å². The van der Waals surface area contributed by atoms with Gasteiger partial charge in [0.2, 0.25) is 21.8 Å². The first kappa shape index (κ1) is 17.9. The van der Waals surface area contributed by atoms with Gasteiger partial charge in [-0.05, 0) is 18.8 Å². The predicted octanol–water partition coefficient (Wildman–Crippen LogP) is -0.313. The molecule has 1 aliphatic rings. The molecule has 0 spiro atoms. The van der Waals surface area contributed by atoms with Crippen molar-refractivity contribution in [2.75, 3.05) is 19.3 Å². The SMILES string of the molecule is CCC1C(=O)NCCN1C(=O)C(CC(C)C)NS(C)(=O)=O. The third-order valence-electron chi connectivity index (χ3n) is 3.36. The molecule has 2 atom stereocenters. The van der Waals surface area contributed by atoms with Crippen LogP contribution in [0, 0.1) is 5.92 Å². The van der Waals surface area contributed by atoms with Gasteiger partial charge in [-0.2, -0.15) is 0 Å². The quantitative estimate of drug-likeness (QED) is 0.702. The number of hydrogen-bond acceptors (Lipinski definition) is 4. The molecule has 1 aliphatic heterocycles. The number of carbonyl (C=O) groups is 2. The molecule has 0 aliphatic carbocycles. The molecule has 0 aromatic rings. The molecule has 2 amide bonds. The fourth-order valence-electron chi connectivity index (χ4n) is 2.51. The molecule has 122 valence electrons. The van der Waals surface area contributed by atoms with E-state index in [2.05, 4.69) is 10.0 Å². The van der Waals surface area contributed by atoms with E-state index in [1.807, 2.05) is 20.8 Å². The highest BCUT2D eigenvalue weighted by Gasteiger charge is 2.36. The molecule has 0 radical (unpaired) electrons. The van der Waals surface area contributed by atoms with Gasteiger partial charge >= 0.3 is 0 Å². The Bertz CT molecular complexity index is 490. The summed E-state index contributed by atoms with van der Waals surface area (Å²) in [5.41, 5.74) is 0.